The largest absolute Gasteiger partial charge is 0.481 e. The maximum absolute atomic E-state index is 12.3. The van der Waals surface area contributed by atoms with Crippen molar-refractivity contribution in [1.29, 1.82) is 0 Å². The number of nitrogens with zero attached hydrogens (tertiary/aromatic N) is 1. The number of nitrogens with one attached hydrogen (secondary N) is 1. The quantitative estimate of drug-likeness (QED) is 0.872. The lowest BCUT2D eigenvalue weighted by Crippen LogP contribution is -2.42. The Kier molecular flexibility index (Phi) is 5.22. The third kappa shape index (κ3) is 4.46. The SMILES string of the molecule is Cc1ccc(Br)cc1NC(=O)N1CCCC(CC(=O)O)C1. The summed E-state index contributed by atoms with van der Waals surface area (Å²) in [6.07, 6.45) is 1.84. The molecule has 1 aromatic carbocycles. The monoisotopic (exact) mass is 354 g/mol. The van der Waals surface area contributed by atoms with Crippen LogP contribution in [0.2, 0.25) is 0 Å². The summed E-state index contributed by atoms with van der Waals surface area (Å²) in [4.78, 5) is 24.8. The standard InChI is InChI=1S/C15H19BrN2O3/c1-10-4-5-12(16)8-13(10)17-15(21)18-6-2-3-11(9-18)7-14(19)20/h4-5,8,11H,2-3,6-7,9H2,1H3,(H,17,21)(H,19,20). The summed E-state index contributed by atoms with van der Waals surface area (Å²) < 4.78 is 0.908. The van der Waals surface area contributed by atoms with Crippen LogP contribution in [0.4, 0.5) is 10.5 Å². The number of carboxylic acids is 1. The van der Waals surface area contributed by atoms with Gasteiger partial charge in [0.1, 0.15) is 0 Å². The molecule has 1 aliphatic rings. The molecule has 2 rings (SSSR count). The van der Waals surface area contributed by atoms with Crippen LogP contribution in [0.25, 0.3) is 0 Å². The van der Waals surface area contributed by atoms with E-state index in [4.69, 9.17) is 5.11 Å². The summed E-state index contributed by atoms with van der Waals surface area (Å²) in [6, 6.07) is 5.57. The molecule has 1 fully saturated rings. The fraction of sp³-hybridized carbons (Fsp3) is 0.467. The highest BCUT2D eigenvalue weighted by atomic mass is 79.9. The molecule has 0 bridgehead atoms. The van der Waals surface area contributed by atoms with Crippen LogP contribution in [-0.2, 0) is 4.79 Å². The van der Waals surface area contributed by atoms with E-state index in [0.29, 0.717) is 13.1 Å². The number of halogens is 1. The molecule has 0 saturated carbocycles. The number of amides is 2. The number of piperidine rings is 1. The molecule has 1 aromatic rings. The number of aliphatic carboxylic acids is 1. The zero-order chi connectivity index (χ0) is 15.4. The summed E-state index contributed by atoms with van der Waals surface area (Å²) >= 11 is 3.39. The van der Waals surface area contributed by atoms with Crippen molar-refractivity contribution in [1.82, 2.24) is 4.90 Å². The summed E-state index contributed by atoms with van der Waals surface area (Å²) in [5.74, 6) is -0.754. The van der Waals surface area contributed by atoms with Gasteiger partial charge in [0.05, 0.1) is 0 Å². The topological polar surface area (TPSA) is 69.6 Å². The minimum atomic E-state index is -0.801. The number of hydrogen-bond acceptors (Lipinski definition) is 2. The second-order valence-electron chi connectivity index (χ2n) is 5.44. The number of rotatable bonds is 3. The van der Waals surface area contributed by atoms with E-state index >= 15 is 0 Å². The number of benzene rings is 1. The summed E-state index contributed by atoms with van der Waals surface area (Å²) in [6.45, 7) is 3.12. The average molecular weight is 355 g/mol. The third-order valence-electron chi connectivity index (χ3n) is 3.71. The molecule has 114 valence electrons. The Bertz CT molecular complexity index is 548. The van der Waals surface area contributed by atoms with Gasteiger partial charge in [-0.3, -0.25) is 4.79 Å². The van der Waals surface area contributed by atoms with Crippen molar-refractivity contribution in [2.75, 3.05) is 18.4 Å². The Morgan fingerprint density at radius 1 is 1.48 bits per heavy atom. The fourth-order valence-electron chi connectivity index (χ4n) is 2.59. The predicted molar refractivity (Wildman–Crippen MR) is 84.4 cm³/mol. The highest BCUT2D eigenvalue weighted by molar-refractivity contribution is 9.10. The summed E-state index contributed by atoms with van der Waals surface area (Å²) in [5.41, 5.74) is 1.76. The highest BCUT2D eigenvalue weighted by Crippen LogP contribution is 2.23. The van der Waals surface area contributed by atoms with Crippen molar-refractivity contribution < 1.29 is 14.7 Å². The Labute approximate surface area is 132 Å². The van der Waals surface area contributed by atoms with Crippen LogP contribution < -0.4 is 5.32 Å². The van der Waals surface area contributed by atoms with Crippen LogP contribution in [0, 0.1) is 12.8 Å². The predicted octanol–water partition coefficient (Wildman–Crippen LogP) is 3.48. The number of aryl methyl sites for hydroxylation is 1. The lowest BCUT2D eigenvalue weighted by molar-refractivity contribution is -0.138. The van der Waals surface area contributed by atoms with Crippen molar-refractivity contribution in [2.45, 2.75) is 26.2 Å². The maximum atomic E-state index is 12.3. The molecule has 0 spiro atoms. The van der Waals surface area contributed by atoms with E-state index < -0.39 is 5.97 Å². The number of carbonyl (C=O) groups excluding carboxylic acids is 1. The number of likely N-dealkylation sites (tertiary alicyclic amines) is 1. The molecule has 21 heavy (non-hydrogen) atoms. The summed E-state index contributed by atoms with van der Waals surface area (Å²) in [5, 5.41) is 11.8. The van der Waals surface area contributed by atoms with Crippen LogP contribution in [0.15, 0.2) is 22.7 Å². The van der Waals surface area contributed by atoms with Gasteiger partial charge in [0.25, 0.3) is 0 Å². The molecular formula is C15H19BrN2O3. The molecule has 0 aliphatic carbocycles. The molecule has 1 saturated heterocycles. The van der Waals surface area contributed by atoms with E-state index in [1.54, 1.807) is 4.90 Å². The second kappa shape index (κ2) is 6.93. The number of urea groups is 1. The normalized spacial score (nSPS) is 18.4. The molecule has 1 unspecified atom stereocenters. The lowest BCUT2D eigenvalue weighted by atomic mass is 9.95. The van der Waals surface area contributed by atoms with Gasteiger partial charge in [0, 0.05) is 29.7 Å². The van der Waals surface area contributed by atoms with Gasteiger partial charge in [-0.2, -0.15) is 0 Å². The number of carboxylic acid groups (broad SMARTS) is 1. The first-order valence-corrected chi connectivity index (χ1v) is 7.79. The van der Waals surface area contributed by atoms with Gasteiger partial charge < -0.3 is 15.3 Å². The van der Waals surface area contributed by atoms with Gasteiger partial charge in [-0.25, -0.2) is 4.79 Å². The Morgan fingerprint density at radius 2 is 2.24 bits per heavy atom. The molecule has 2 N–H and O–H groups in total. The van der Waals surface area contributed by atoms with Crippen LogP contribution in [0.1, 0.15) is 24.8 Å². The van der Waals surface area contributed by atoms with Gasteiger partial charge in [-0.05, 0) is 43.4 Å². The molecule has 1 aliphatic heterocycles. The molecule has 2 amide bonds. The third-order valence-corrected chi connectivity index (χ3v) is 4.20. The van der Waals surface area contributed by atoms with E-state index in [1.807, 2.05) is 25.1 Å². The van der Waals surface area contributed by atoms with Gasteiger partial charge in [-0.15, -0.1) is 0 Å². The minimum absolute atomic E-state index is 0.0469. The minimum Gasteiger partial charge on any atom is -0.481 e. The van der Waals surface area contributed by atoms with Gasteiger partial charge in [0.15, 0.2) is 0 Å². The Hall–Kier alpha value is -1.56. The average Bonchev–Trinajstić information content (AvgIpc) is 2.42. The Balaban J connectivity index is 1.99. The van der Waals surface area contributed by atoms with Crippen LogP contribution in [-0.4, -0.2) is 35.1 Å². The van der Waals surface area contributed by atoms with Gasteiger partial charge in [0.2, 0.25) is 0 Å². The molecule has 0 radical (unpaired) electrons. The van der Waals surface area contributed by atoms with Crippen LogP contribution in [0.3, 0.4) is 0 Å². The summed E-state index contributed by atoms with van der Waals surface area (Å²) in [7, 11) is 0. The van der Waals surface area contributed by atoms with E-state index in [1.165, 1.54) is 0 Å². The highest BCUT2D eigenvalue weighted by Gasteiger charge is 2.25. The second-order valence-corrected chi connectivity index (χ2v) is 6.36. The van der Waals surface area contributed by atoms with Crippen molar-refractivity contribution >= 4 is 33.6 Å². The van der Waals surface area contributed by atoms with E-state index in [0.717, 1.165) is 28.6 Å². The van der Waals surface area contributed by atoms with E-state index in [2.05, 4.69) is 21.2 Å². The zero-order valence-corrected chi connectivity index (χ0v) is 13.5. The number of carbonyl (C=O) groups is 2. The van der Waals surface area contributed by atoms with Crippen molar-refractivity contribution in [2.24, 2.45) is 5.92 Å². The smallest absolute Gasteiger partial charge is 0.321 e. The van der Waals surface area contributed by atoms with Crippen molar-refractivity contribution in [3.05, 3.63) is 28.2 Å². The van der Waals surface area contributed by atoms with Crippen LogP contribution >= 0.6 is 15.9 Å². The molecule has 5 nitrogen and oxygen atoms in total. The number of hydrogen-bond donors (Lipinski definition) is 2. The van der Waals surface area contributed by atoms with Gasteiger partial charge >= 0.3 is 12.0 Å². The molecule has 1 heterocycles. The van der Waals surface area contributed by atoms with Crippen molar-refractivity contribution in [3.63, 3.8) is 0 Å². The first kappa shape index (κ1) is 15.8. The van der Waals surface area contributed by atoms with E-state index in [9.17, 15) is 9.59 Å². The molecule has 0 aromatic heterocycles. The zero-order valence-electron chi connectivity index (χ0n) is 11.9. The van der Waals surface area contributed by atoms with Crippen LogP contribution in [0.5, 0.6) is 0 Å². The lowest BCUT2D eigenvalue weighted by Gasteiger charge is -2.32. The first-order valence-electron chi connectivity index (χ1n) is 6.99. The van der Waals surface area contributed by atoms with Crippen molar-refractivity contribution in [3.8, 4) is 0 Å². The first-order chi connectivity index (χ1) is 9.95. The molecular weight excluding hydrogens is 336 g/mol. The van der Waals surface area contributed by atoms with Gasteiger partial charge in [-0.1, -0.05) is 22.0 Å². The molecule has 1 atom stereocenters. The number of anilines is 1. The molecule has 6 heteroatoms. The maximum Gasteiger partial charge on any atom is 0.321 e. The Morgan fingerprint density at radius 3 is 2.95 bits per heavy atom. The van der Waals surface area contributed by atoms with E-state index in [-0.39, 0.29) is 18.4 Å². The fourth-order valence-corrected chi connectivity index (χ4v) is 2.95.